The lowest BCUT2D eigenvalue weighted by Crippen LogP contribution is -2.19. The Morgan fingerprint density at radius 2 is 2.21 bits per heavy atom. The summed E-state index contributed by atoms with van der Waals surface area (Å²) in [5.41, 5.74) is 0.524. The Balaban J connectivity index is 1.89. The number of aliphatic hydroxyl groups is 1. The quantitative estimate of drug-likeness (QED) is 0.803. The van der Waals surface area contributed by atoms with E-state index in [1.165, 1.54) is 25.5 Å². The van der Waals surface area contributed by atoms with Gasteiger partial charge in [0, 0.05) is 0 Å². The van der Waals surface area contributed by atoms with Crippen molar-refractivity contribution >= 4 is 0 Å². The number of ether oxygens (including phenoxy) is 1. The van der Waals surface area contributed by atoms with Gasteiger partial charge in [0.25, 0.3) is 0 Å². The molecule has 0 aromatic carbocycles. The summed E-state index contributed by atoms with van der Waals surface area (Å²) in [5, 5.41) is 8.78. The molecule has 1 N–H and O–H groups in total. The molecule has 0 aliphatic heterocycles. The molecule has 0 amide bonds. The second-order valence-electron chi connectivity index (χ2n) is 3.64. The van der Waals surface area contributed by atoms with Crippen molar-refractivity contribution in [1.82, 2.24) is 4.98 Å². The number of aliphatic hydroxyl groups excluding tert-OH is 1. The zero-order valence-electron chi connectivity index (χ0n) is 8.11. The van der Waals surface area contributed by atoms with Crippen molar-refractivity contribution in [2.75, 3.05) is 0 Å². The Kier molecular flexibility index (Phi) is 3.03. The highest BCUT2D eigenvalue weighted by molar-refractivity contribution is 4.98. The molecule has 1 heterocycles. The number of hydrogen-bond acceptors (Lipinski definition) is 4. The molecule has 78 valence electrons. The van der Waals surface area contributed by atoms with Gasteiger partial charge in [0.2, 0.25) is 0 Å². The lowest BCUT2D eigenvalue weighted by Gasteiger charge is -2.20. The van der Waals surface area contributed by atoms with Crippen LogP contribution in [0.15, 0.2) is 10.7 Å². The highest BCUT2D eigenvalue weighted by Gasteiger charge is 2.17. The third kappa shape index (κ3) is 2.26. The van der Waals surface area contributed by atoms with Crippen molar-refractivity contribution < 1.29 is 14.3 Å². The van der Waals surface area contributed by atoms with E-state index in [4.69, 9.17) is 14.3 Å². The van der Waals surface area contributed by atoms with Crippen LogP contribution in [0.25, 0.3) is 0 Å². The summed E-state index contributed by atoms with van der Waals surface area (Å²) in [5.74, 6) is 0. The molecule has 1 saturated carbocycles. The molecular formula is C10H15NO3. The Morgan fingerprint density at radius 3 is 2.86 bits per heavy atom. The first kappa shape index (κ1) is 9.52. The second-order valence-corrected chi connectivity index (χ2v) is 3.64. The molecule has 1 fully saturated rings. The summed E-state index contributed by atoms with van der Waals surface area (Å²) in [6, 6.07) is 0. The summed E-state index contributed by atoms with van der Waals surface area (Å²) < 4.78 is 10.6. The molecule has 2 rings (SSSR count). The van der Waals surface area contributed by atoms with Crippen LogP contribution in [0.4, 0.5) is 0 Å². The van der Waals surface area contributed by atoms with E-state index in [0.717, 1.165) is 12.8 Å². The Morgan fingerprint density at radius 1 is 1.43 bits per heavy atom. The number of nitrogens with zero attached hydrogens (tertiary/aromatic N) is 1. The molecule has 1 aromatic heterocycles. The van der Waals surface area contributed by atoms with Gasteiger partial charge in [0.05, 0.1) is 6.61 Å². The number of rotatable bonds is 3. The maximum absolute atomic E-state index is 8.78. The Hall–Kier alpha value is -1.03. The van der Waals surface area contributed by atoms with Crippen molar-refractivity contribution in [2.45, 2.75) is 44.8 Å². The van der Waals surface area contributed by atoms with Crippen molar-refractivity contribution in [1.29, 1.82) is 0 Å². The molecule has 0 radical (unpaired) electrons. The van der Waals surface area contributed by atoms with Crippen LogP contribution < -0.4 is 4.74 Å². The second kappa shape index (κ2) is 4.46. The zero-order chi connectivity index (χ0) is 9.80. The first-order valence-electron chi connectivity index (χ1n) is 5.10. The maximum atomic E-state index is 8.78. The first-order valence-corrected chi connectivity index (χ1v) is 5.10. The van der Waals surface area contributed by atoms with Gasteiger partial charge in [-0.05, 0) is 25.7 Å². The molecule has 4 nitrogen and oxygen atoms in total. The van der Waals surface area contributed by atoms with Crippen LogP contribution in [0.2, 0.25) is 0 Å². The summed E-state index contributed by atoms with van der Waals surface area (Å²) in [6.45, 7) is -0.0997. The van der Waals surface area contributed by atoms with Gasteiger partial charge in [-0.15, -0.1) is 0 Å². The normalized spacial score (nSPS) is 18.4. The molecule has 1 aliphatic carbocycles. The lowest BCUT2D eigenvalue weighted by atomic mass is 9.98. The van der Waals surface area contributed by atoms with E-state index < -0.39 is 0 Å². The van der Waals surface area contributed by atoms with Crippen LogP contribution in [0.1, 0.15) is 37.8 Å². The fraction of sp³-hybridized carbons (Fsp3) is 0.700. The molecule has 1 aliphatic rings. The molecule has 14 heavy (non-hydrogen) atoms. The van der Waals surface area contributed by atoms with Gasteiger partial charge in [-0.25, -0.2) is 0 Å². The van der Waals surface area contributed by atoms with Crippen molar-refractivity contribution in [3.8, 4) is 6.08 Å². The highest BCUT2D eigenvalue weighted by atomic mass is 16.6. The fourth-order valence-corrected chi connectivity index (χ4v) is 1.74. The monoisotopic (exact) mass is 197 g/mol. The lowest BCUT2D eigenvalue weighted by molar-refractivity contribution is 0.113. The van der Waals surface area contributed by atoms with E-state index in [1.54, 1.807) is 0 Å². The SMILES string of the molecule is OCc1coc(OC2CCCCC2)n1. The minimum atomic E-state index is -0.0997. The van der Waals surface area contributed by atoms with Crippen LogP contribution in [-0.4, -0.2) is 16.2 Å². The number of aromatic nitrogens is 1. The van der Waals surface area contributed by atoms with Gasteiger partial charge in [-0.1, -0.05) is 6.42 Å². The van der Waals surface area contributed by atoms with E-state index in [9.17, 15) is 0 Å². The van der Waals surface area contributed by atoms with Crippen molar-refractivity contribution in [3.05, 3.63) is 12.0 Å². The number of oxazole rings is 1. The maximum Gasteiger partial charge on any atom is 0.394 e. The topological polar surface area (TPSA) is 55.5 Å². The van der Waals surface area contributed by atoms with Crippen LogP contribution in [0, 0.1) is 0 Å². The third-order valence-corrected chi connectivity index (χ3v) is 2.51. The minimum Gasteiger partial charge on any atom is -0.447 e. The average Bonchev–Trinajstić information content (AvgIpc) is 2.67. The molecule has 0 bridgehead atoms. The Bertz CT molecular complexity index is 279. The fourth-order valence-electron chi connectivity index (χ4n) is 1.74. The van der Waals surface area contributed by atoms with E-state index in [-0.39, 0.29) is 12.7 Å². The Labute approximate surface area is 82.9 Å². The van der Waals surface area contributed by atoms with Gasteiger partial charge in [0.1, 0.15) is 18.1 Å². The summed E-state index contributed by atoms with van der Waals surface area (Å²) >= 11 is 0. The number of hydrogen-bond donors (Lipinski definition) is 1. The van der Waals surface area contributed by atoms with Crippen LogP contribution in [0.3, 0.4) is 0 Å². The summed E-state index contributed by atoms with van der Waals surface area (Å²) in [4.78, 5) is 3.98. The molecule has 0 unspecified atom stereocenters. The molecule has 0 atom stereocenters. The predicted molar refractivity (Wildman–Crippen MR) is 49.9 cm³/mol. The predicted octanol–water partition coefficient (Wildman–Crippen LogP) is 1.88. The molecular weight excluding hydrogens is 182 g/mol. The summed E-state index contributed by atoms with van der Waals surface area (Å²) in [7, 11) is 0. The first-order chi connectivity index (χ1) is 6.88. The zero-order valence-corrected chi connectivity index (χ0v) is 8.11. The van der Waals surface area contributed by atoms with Crippen LogP contribution in [-0.2, 0) is 6.61 Å². The average molecular weight is 197 g/mol. The molecule has 0 saturated heterocycles. The van der Waals surface area contributed by atoms with Gasteiger partial charge >= 0.3 is 6.08 Å². The van der Waals surface area contributed by atoms with Crippen LogP contribution in [0.5, 0.6) is 6.08 Å². The van der Waals surface area contributed by atoms with E-state index in [2.05, 4.69) is 4.98 Å². The van der Waals surface area contributed by atoms with E-state index >= 15 is 0 Å². The summed E-state index contributed by atoms with van der Waals surface area (Å²) in [6.07, 6.45) is 7.87. The largest absolute Gasteiger partial charge is 0.447 e. The van der Waals surface area contributed by atoms with Crippen LogP contribution >= 0.6 is 0 Å². The van der Waals surface area contributed by atoms with Crippen molar-refractivity contribution in [2.24, 2.45) is 0 Å². The van der Waals surface area contributed by atoms with E-state index in [1.807, 2.05) is 0 Å². The smallest absolute Gasteiger partial charge is 0.394 e. The van der Waals surface area contributed by atoms with Gasteiger partial charge < -0.3 is 14.3 Å². The van der Waals surface area contributed by atoms with Gasteiger partial charge in [-0.2, -0.15) is 4.98 Å². The molecule has 0 spiro atoms. The van der Waals surface area contributed by atoms with E-state index in [0.29, 0.717) is 11.8 Å². The van der Waals surface area contributed by atoms with Crippen molar-refractivity contribution in [3.63, 3.8) is 0 Å². The standard InChI is InChI=1S/C10H15NO3/c12-6-8-7-13-10(11-8)14-9-4-2-1-3-5-9/h7,9,12H,1-6H2. The third-order valence-electron chi connectivity index (χ3n) is 2.51. The molecule has 1 aromatic rings. The highest BCUT2D eigenvalue weighted by Crippen LogP contribution is 2.22. The van der Waals surface area contributed by atoms with Gasteiger partial charge in [-0.3, -0.25) is 0 Å². The minimum absolute atomic E-state index is 0.0997. The van der Waals surface area contributed by atoms with Gasteiger partial charge in [0.15, 0.2) is 0 Å². The molecule has 4 heteroatoms.